The number of benzene rings is 3. The highest BCUT2D eigenvalue weighted by atomic mass is 16.5. The van der Waals surface area contributed by atoms with Crippen LogP contribution in [0, 0.1) is 6.92 Å². The van der Waals surface area contributed by atoms with E-state index in [0.29, 0.717) is 12.1 Å². The van der Waals surface area contributed by atoms with Crippen LogP contribution in [0.4, 0.5) is 0 Å². The van der Waals surface area contributed by atoms with Crippen LogP contribution in [0.15, 0.2) is 84.9 Å². The predicted octanol–water partition coefficient (Wildman–Crippen LogP) is 5.29. The van der Waals surface area contributed by atoms with Crippen LogP contribution in [0.2, 0.25) is 0 Å². The van der Waals surface area contributed by atoms with Crippen molar-refractivity contribution in [3.63, 3.8) is 0 Å². The number of carbonyl (C=O) groups is 1. The van der Waals surface area contributed by atoms with Gasteiger partial charge >= 0.3 is 0 Å². The summed E-state index contributed by atoms with van der Waals surface area (Å²) in [7, 11) is 1.65. The molecule has 0 aliphatic heterocycles. The van der Waals surface area contributed by atoms with Gasteiger partial charge in [-0.3, -0.25) is 4.79 Å². The van der Waals surface area contributed by atoms with Crippen molar-refractivity contribution in [2.45, 2.75) is 13.5 Å². The lowest BCUT2D eigenvalue weighted by Crippen LogP contribution is -2.12. The van der Waals surface area contributed by atoms with E-state index < -0.39 is 5.91 Å². The normalized spacial score (nSPS) is 10.7. The molecule has 0 fully saturated rings. The van der Waals surface area contributed by atoms with E-state index >= 15 is 0 Å². The lowest BCUT2D eigenvalue weighted by atomic mass is 10.0. The summed E-state index contributed by atoms with van der Waals surface area (Å²) in [4.78, 5) is 12.0. The van der Waals surface area contributed by atoms with Crippen molar-refractivity contribution in [2.75, 3.05) is 7.11 Å². The van der Waals surface area contributed by atoms with Crippen LogP contribution in [0.25, 0.3) is 22.4 Å². The Morgan fingerprint density at radius 3 is 2.07 bits per heavy atom. The minimum Gasteiger partial charge on any atom is -0.497 e. The highest BCUT2D eigenvalue weighted by Crippen LogP contribution is 2.29. The number of aromatic nitrogens is 1. The molecule has 4 rings (SSSR count). The molecule has 0 saturated carbocycles. The van der Waals surface area contributed by atoms with Crippen LogP contribution in [0.1, 0.15) is 21.6 Å². The third-order valence-electron chi connectivity index (χ3n) is 5.42. The number of nitrogens with two attached hydrogens (primary N) is 1. The Hall–Kier alpha value is -3.79. The molecule has 1 amide bonds. The van der Waals surface area contributed by atoms with E-state index in [1.54, 1.807) is 7.11 Å². The minimum absolute atomic E-state index is 0.414. The summed E-state index contributed by atoms with van der Waals surface area (Å²) in [5, 5.41) is 0. The first-order valence-corrected chi connectivity index (χ1v) is 9.85. The number of ether oxygens (including phenoxy) is 1. The number of primary amides is 1. The van der Waals surface area contributed by atoms with Crippen LogP contribution in [0.3, 0.4) is 0 Å². The number of methoxy groups -OCH3 is 1. The topological polar surface area (TPSA) is 57.2 Å². The lowest BCUT2D eigenvalue weighted by Gasteiger charge is -2.13. The molecule has 0 radical (unpaired) electrons. The third kappa shape index (κ3) is 3.85. The van der Waals surface area contributed by atoms with Crippen LogP contribution >= 0.6 is 0 Å². The van der Waals surface area contributed by atoms with E-state index in [9.17, 15) is 4.79 Å². The van der Waals surface area contributed by atoms with Crippen molar-refractivity contribution in [1.29, 1.82) is 0 Å². The molecule has 0 bridgehead atoms. The van der Waals surface area contributed by atoms with E-state index in [0.717, 1.165) is 33.8 Å². The predicted molar refractivity (Wildman–Crippen MR) is 121 cm³/mol. The SMILES string of the molecule is COc1ccc(Cn2c(-c3ccc(-c4ccccc4)cc3)cc(C(N)=O)c2C)cc1. The first kappa shape index (κ1) is 19.5. The largest absolute Gasteiger partial charge is 0.497 e. The van der Waals surface area contributed by atoms with Gasteiger partial charge in [0.15, 0.2) is 0 Å². The number of rotatable bonds is 6. The Balaban J connectivity index is 1.73. The Morgan fingerprint density at radius 2 is 1.47 bits per heavy atom. The summed E-state index contributed by atoms with van der Waals surface area (Å²) < 4.78 is 7.39. The molecule has 1 aromatic heterocycles. The van der Waals surface area contributed by atoms with E-state index in [1.807, 2.05) is 55.5 Å². The standard InChI is InChI=1S/C26H24N2O2/c1-18-24(26(27)29)16-25(28(18)17-19-8-14-23(30-2)15-9-19)22-12-10-21(11-13-22)20-6-4-3-5-7-20/h3-16H,17H2,1-2H3,(H2,27,29). The molecule has 0 spiro atoms. The molecule has 30 heavy (non-hydrogen) atoms. The fraction of sp³-hybridized carbons (Fsp3) is 0.115. The van der Waals surface area contributed by atoms with Gasteiger partial charge in [-0.2, -0.15) is 0 Å². The summed E-state index contributed by atoms with van der Waals surface area (Å²) in [6.45, 7) is 2.57. The summed E-state index contributed by atoms with van der Waals surface area (Å²) in [6, 6.07) is 28.5. The van der Waals surface area contributed by atoms with E-state index in [-0.39, 0.29) is 0 Å². The van der Waals surface area contributed by atoms with Crippen molar-refractivity contribution in [1.82, 2.24) is 4.57 Å². The molecule has 2 N–H and O–H groups in total. The van der Waals surface area contributed by atoms with Crippen LogP contribution < -0.4 is 10.5 Å². The molecular formula is C26H24N2O2. The number of carbonyl (C=O) groups excluding carboxylic acids is 1. The van der Waals surface area contributed by atoms with Crippen molar-refractivity contribution < 1.29 is 9.53 Å². The first-order valence-electron chi connectivity index (χ1n) is 9.85. The average Bonchev–Trinajstić information content (AvgIpc) is 3.11. The van der Waals surface area contributed by atoms with Gasteiger partial charge in [-0.25, -0.2) is 0 Å². The van der Waals surface area contributed by atoms with Crippen molar-refractivity contribution >= 4 is 5.91 Å². The quantitative estimate of drug-likeness (QED) is 0.482. The number of hydrogen-bond acceptors (Lipinski definition) is 2. The zero-order chi connectivity index (χ0) is 21.1. The Kier molecular flexibility index (Phi) is 5.40. The van der Waals surface area contributed by atoms with Gasteiger partial charge in [-0.05, 0) is 47.4 Å². The van der Waals surface area contributed by atoms with Crippen LogP contribution in [0.5, 0.6) is 5.75 Å². The third-order valence-corrected chi connectivity index (χ3v) is 5.42. The van der Waals surface area contributed by atoms with Gasteiger partial charge in [-0.15, -0.1) is 0 Å². The van der Waals surface area contributed by atoms with Crippen LogP contribution in [-0.4, -0.2) is 17.6 Å². The Bertz CT molecular complexity index is 1160. The summed E-state index contributed by atoms with van der Waals surface area (Å²) in [5.74, 6) is 0.403. The monoisotopic (exact) mass is 396 g/mol. The van der Waals surface area contributed by atoms with Gasteiger partial charge in [0.1, 0.15) is 5.75 Å². The number of nitrogens with zero attached hydrogens (tertiary/aromatic N) is 1. The summed E-state index contributed by atoms with van der Waals surface area (Å²) in [5.41, 5.74) is 12.5. The fourth-order valence-corrected chi connectivity index (χ4v) is 3.72. The van der Waals surface area contributed by atoms with Crippen molar-refractivity contribution in [3.05, 3.63) is 102 Å². The van der Waals surface area contributed by atoms with Gasteiger partial charge in [0.25, 0.3) is 5.91 Å². The lowest BCUT2D eigenvalue weighted by molar-refractivity contribution is 0.0999. The smallest absolute Gasteiger partial charge is 0.250 e. The molecule has 3 aromatic carbocycles. The highest BCUT2D eigenvalue weighted by molar-refractivity contribution is 5.95. The molecule has 0 aliphatic carbocycles. The van der Waals surface area contributed by atoms with Crippen molar-refractivity contribution in [3.8, 4) is 28.1 Å². The second-order valence-electron chi connectivity index (χ2n) is 7.27. The van der Waals surface area contributed by atoms with E-state index in [1.165, 1.54) is 5.56 Å². The van der Waals surface area contributed by atoms with Gasteiger partial charge < -0.3 is 15.0 Å². The second-order valence-corrected chi connectivity index (χ2v) is 7.27. The molecule has 0 unspecified atom stereocenters. The highest BCUT2D eigenvalue weighted by Gasteiger charge is 2.17. The Morgan fingerprint density at radius 1 is 0.867 bits per heavy atom. The first-order chi connectivity index (χ1) is 14.6. The van der Waals surface area contributed by atoms with Gasteiger partial charge in [-0.1, -0.05) is 66.7 Å². The maximum absolute atomic E-state index is 12.0. The molecular weight excluding hydrogens is 372 g/mol. The molecule has 0 atom stereocenters. The fourth-order valence-electron chi connectivity index (χ4n) is 3.72. The second kappa shape index (κ2) is 8.29. The molecule has 0 saturated heterocycles. The zero-order valence-corrected chi connectivity index (χ0v) is 17.1. The van der Waals surface area contributed by atoms with Crippen molar-refractivity contribution in [2.24, 2.45) is 5.73 Å². The van der Waals surface area contributed by atoms with Gasteiger partial charge in [0.05, 0.1) is 12.7 Å². The summed E-state index contributed by atoms with van der Waals surface area (Å²) >= 11 is 0. The minimum atomic E-state index is -0.414. The maximum Gasteiger partial charge on any atom is 0.250 e. The molecule has 0 aliphatic rings. The molecule has 150 valence electrons. The molecule has 4 aromatic rings. The van der Waals surface area contributed by atoms with Crippen LogP contribution in [-0.2, 0) is 6.54 Å². The summed E-state index contributed by atoms with van der Waals surface area (Å²) in [6.07, 6.45) is 0. The van der Waals surface area contributed by atoms with E-state index in [4.69, 9.17) is 10.5 Å². The number of amides is 1. The molecule has 1 heterocycles. The van der Waals surface area contributed by atoms with Gasteiger partial charge in [0, 0.05) is 17.9 Å². The molecule has 4 heteroatoms. The average molecular weight is 396 g/mol. The van der Waals surface area contributed by atoms with E-state index in [2.05, 4.69) is 41.0 Å². The molecule has 4 nitrogen and oxygen atoms in total. The van der Waals surface area contributed by atoms with Gasteiger partial charge in [0.2, 0.25) is 0 Å². The number of hydrogen-bond donors (Lipinski definition) is 1. The maximum atomic E-state index is 12.0. The Labute approximate surface area is 176 Å². The zero-order valence-electron chi connectivity index (χ0n) is 17.1.